The van der Waals surface area contributed by atoms with Gasteiger partial charge >= 0.3 is 12.1 Å². The van der Waals surface area contributed by atoms with Crippen LogP contribution in [0.1, 0.15) is 45.2 Å². The van der Waals surface area contributed by atoms with Gasteiger partial charge in [-0.25, -0.2) is 14.6 Å². The number of aromatic nitrogens is 2. The molecule has 0 aromatic carbocycles. The standard InChI is InChI=1S/C20H28N4O5/c1-11(2)7-15(19(26)27)23-14(6-5-13-8-21-10-22-13)17(18(23)25)24-16(12-3-4-12)9-29-20(24)28/h8,10-12,14-17H,3-7,9H2,1-2H3,(H,21,22)(H,26,27)/t14?,15?,16-,17?/m1/s1. The molecule has 0 radical (unpaired) electrons. The molecule has 1 saturated carbocycles. The van der Waals surface area contributed by atoms with Crippen LogP contribution in [0.15, 0.2) is 12.5 Å². The van der Waals surface area contributed by atoms with Crippen molar-refractivity contribution in [1.29, 1.82) is 0 Å². The number of carboxylic acid groups (broad SMARTS) is 1. The van der Waals surface area contributed by atoms with Crippen LogP contribution in [0.25, 0.3) is 0 Å². The van der Waals surface area contributed by atoms with E-state index < -0.39 is 24.1 Å². The third-order valence-electron chi connectivity index (χ3n) is 6.22. The van der Waals surface area contributed by atoms with Crippen LogP contribution < -0.4 is 0 Å². The van der Waals surface area contributed by atoms with Crippen molar-refractivity contribution in [3.63, 3.8) is 0 Å². The van der Waals surface area contributed by atoms with Gasteiger partial charge < -0.3 is 19.7 Å². The van der Waals surface area contributed by atoms with Gasteiger partial charge in [0.1, 0.15) is 18.7 Å². The molecule has 1 aromatic heterocycles. The van der Waals surface area contributed by atoms with E-state index in [0.717, 1.165) is 18.5 Å². The predicted octanol–water partition coefficient (Wildman–Crippen LogP) is 1.65. The molecule has 3 aliphatic rings. The maximum absolute atomic E-state index is 13.2. The molecule has 9 heteroatoms. The first-order valence-corrected chi connectivity index (χ1v) is 10.4. The lowest BCUT2D eigenvalue weighted by atomic mass is 9.84. The third-order valence-corrected chi connectivity index (χ3v) is 6.22. The van der Waals surface area contributed by atoms with Gasteiger partial charge in [0.25, 0.3) is 0 Å². The SMILES string of the molecule is CC(C)CC(C(=O)O)N1C(=O)C(N2C(=O)OC[C@@H]2C2CC2)C1CCc1cnc[nH]1. The van der Waals surface area contributed by atoms with Gasteiger partial charge in [0.15, 0.2) is 0 Å². The molecule has 1 aromatic rings. The van der Waals surface area contributed by atoms with Crippen molar-refractivity contribution in [3.8, 4) is 0 Å². The number of imidazole rings is 1. The van der Waals surface area contributed by atoms with E-state index in [1.54, 1.807) is 17.4 Å². The van der Waals surface area contributed by atoms with Crippen LogP contribution in [0, 0.1) is 11.8 Å². The summed E-state index contributed by atoms with van der Waals surface area (Å²) in [5, 5.41) is 9.78. The first-order chi connectivity index (χ1) is 13.9. The topological polar surface area (TPSA) is 116 Å². The highest BCUT2D eigenvalue weighted by Gasteiger charge is 2.59. The molecular formula is C20H28N4O5. The lowest BCUT2D eigenvalue weighted by Gasteiger charge is -2.53. The fraction of sp³-hybridized carbons (Fsp3) is 0.700. The van der Waals surface area contributed by atoms with Crippen LogP contribution in [0.2, 0.25) is 0 Å². The number of carboxylic acids is 1. The van der Waals surface area contributed by atoms with Gasteiger partial charge in [-0.1, -0.05) is 13.8 Å². The number of amides is 2. The maximum Gasteiger partial charge on any atom is 0.410 e. The number of likely N-dealkylation sites (tertiary alicyclic amines) is 1. The molecule has 2 amide bonds. The number of hydrogen-bond donors (Lipinski definition) is 2. The Hall–Kier alpha value is -2.58. The summed E-state index contributed by atoms with van der Waals surface area (Å²) in [7, 11) is 0. The largest absolute Gasteiger partial charge is 0.480 e. The second-order valence-electron chi connectivity index (χ2n) is 8.75. The normalized spacial score (nSPS) is 27.9. The average molecular weight is 404 g/mol. The minimum Gasteiger partial charge on any atom is -0.480 e. The van der Waals surface area contributed by atoms with E-state index in [4.69, 9.17) is 4.74 Å². The lowest BCUT2D eigenvalue weighted by molar-refractivity contribution is -0.172. The van der Waals surface area contributed by atoms with Crippen LogP contribution in [0.5, 0.6) is 0 Å². The zero-order valence-electron chi connectivity index (χ0n) is 16.8. The molecule has 2 N–H and O–H groups in total. The molecule has 2 saturated heterocycles. The number of aliphatic carboxylic acids is 1. The van der Waals surface area contributed by atoms with E-state index in [0.29, 0.717) is 31.8 Å². The van der Waals surface area contributed by atoms with Crippen molar-refractivity contribution in [2.75, 3.05) is 6.61 Å². The van der Waals surface area contributed by atoms with Gasteiger partial charge in [-0.15, -0.1) is 0 Å². The van der Waals surface area contributed by atoms with E-state index in [1.165, 1.54) is 4.90 Å². The highest BCUT2D eigenvalue weighted by Crippen LogP contribution is 2.42. The van der Waals surface area contributed by atoms with Gasteiger partial charge in [-0.05, 0) is 43.9 Å². The summed E-state index contributed by atoms with van der Waals surface area (Å²) in [5.74, 6) is -0.772. The Labute approximate surface area is 169 Å². The van der Waals surface area contributed by atoms with Gasteiger partial charge in [0, 0.05) is 11.9 Å². The van der Waals surface area contributed by atoms with Gasteiger partial charge in [0.2, 0.25) is 5.91 Å². The first kappa shape index (κ1) is 19.7. The number of carbonyl (C=O) groups is 3. The molecule has 1 aliphatic carbocycles. The molecule has 3 fully saturated rings. The molecule has 3 unspecified atom stereocenters. The number of nitrogens with zero attached hydrogens (tertiary/aromatic N) is 3. The summed E-state index contributed by atoms with van der Waals surface area (Å²) in [6.45, 7) is 4.20. The van der Waals surface area contributed by atoms with Crippen LogP contribution in [-0.2, 0) is 20.7 Å². The summed E-state index contributed by atoms with van der Waals surface area (Å²) >= 11 is 0. The Bertz CT molecular complexity index is 776. The van der Waals surface area contributed by atoms with Crippen LogP contribution in [-0.4, -0.2) is 73.6 Å². The van der Waals surface area contributed by atoms with E-state index in [9.17, 15) is 19.5 Å². The van der Waals surface area contributed by atoms with Crippen LogP contribution in [0.3, 0.4) is 0 Å². The Balaban J connectivity index is 1.58. The first-order valence-electron chi connectivity index (χ1n) is 10.4. The number of nitrogens with one attached hydrogen (secondary N) is 1. The Kier molecular flexibility index (Phi) is 5.23. The number of aromatic amines is 1. The molecular weight excluding hydrogens is 376 g/mol. The number of cyclic esters (lactones) is 1. The average Bonchev–Trinajstić information content (AvgIpc) is 3.24. The molecule has 2 aliphatic heterocycles. The van der Waals surface area contributed by atoms with E-state index in [1.807, 2.05) is 13.8 Å². The minimum atomic E-state index is -1.00. The number of H-pyrrole nitrogens is 1. The monoisotopic (exact) mass is 404 g/mol. The zero-order valence-corrected chi connectivity index (χ0v) is 16.8. The number of aryl methyl sites for hydroxylation is 1. The maximum atomic E-state index is 13.2. The number of ether oxygens (including phenoxy) is 1. The smallest absolute Gasteiger partial charge is 0.410 e. The zero-order chi connectivity index (χ0) is 20.7. The van der Waals surface area contributed by atoms with Crippen molar-refractivity contribution >= 4 is 18.0 Å². The summed E-state index contributed by atoms with van der Waals surface area (Å²) in [5.41, 5.74) is 0.918. The van der Waals surface area contributed by atoms with Crippen LogP contribution >= 0.6 is 0 Å². The molecule has 3 heterocycles. The molecule has 0 spiro atoms. The predicted molar refractivity (Wildman–Crippen MR) is 102 cm³/mol. The van der Waals surface area contributed by atoms with Gasteiger partial charge in [0.05, 0.1) is 18.4 Å². The molecule has 158 valence electrons. The molecule has 29 heavy (non-hydrogen) atoms. The van der Waals surface area contributed by atoms with Gasteiger partial charge in [-0.2, -0.15) is 0 Å². The fourth-order valence-electron chi connectivity index (χ4n) is 4.65. The summed E-state index contributed by atoms with van der Waals surface area (Å²) in [6.07, 6.45) is 6.49. The summed E-state index contributed by atoms with van der Waals surface area (Å²) in [6, 6.07) is -1.96. The fourth-order valence-corrected chi connectivity index (χ4v) is 4.65. The third kappa shape index (κ3) is 3.70. The van der Waals surface area contributed by atoms with Crippen molar-refractivity contribution in [2.24, 2.45) is 11.8 Å². The second-order valence-corrected chi connectivity index (χ2v) is 8.75. The van der Waals surface area contributed by atoms with Crippen molar-refractivity contribution in [2.45, 2.75) is 70.1 Å². The Morgan fingerprint density at radius 3 is 2.72 bits per heavy atom. The van der Waals surface area contributed by atoms with Crippen molar-refractivity contribution < 1.29 is 24.2 Å². The molecule has 0 bridgehead atoms. The van der Waals surface area contributed by atoms with E-state index >= 15 is 0 Å². The lowest BCUT2D eigenvalue weighted by Crippen LogP contribution is -2.75. The highest BCUT2D eigenvalue weighted by atomic mass is 16.6. The summed E-state index contributed by atoms with van der Waals surface area (Å²) in [4.78, 5) is 47.7. The molecule has 9 nitrogen and oxygen atoms in total. The highest BCUT2D eigenvalue weighted by molar-refractivity contribution is 5.96. The second kappa shape index (κ2) is 7.68. The molecule has 4 atom stereocenters. The van der Waals surface area contributed by atoms with Crippen molar-refractivity contribution in [1.82, 2.24) is 19.8 Å². The van der Waals surface area contributed by atoms with E-state index in [2.05, 4.69) is 9.97 Å². The van der Waals surface area contributed by atoms with Gasteiger partial charge in [-0.3, -0.25) is 9.69 Å². The van der Waals surface area contributed by atoms with Crippen molar-refractivity contribution in [3.05, 3.63) is 18.2 Å². The Morgan fingerprint density at radius 2 is 2.14 bits per heavy atom. The number of carbonyl (C=O) groups excluding carboxylic acids is 2. The minimum absolute atomic E-state index is 0.0818. The van der Waals surface area contributed by atoms with Crippen LogP contribution in [0.4, 0.5) is 4.79 Å². The summed E-state index contributed by atoms with van der Waals surface area (Å²) < 4.78 is 5.27. The van der Waals surface area contributed by atoms with E-state index in [-0.39, 0.29) is 23.9 Å². The number of rotatable bonds is 9. The number of β-lactam (4-membered cyclic amide) rings is 1. The molecule has 4 rings (SSSR count). The number of hydrogen-bond acceptors (Lipinski definition) is 5. The Morgan fingerprint density at radius 1 is 1.38 bits per heavy atom. The quantitative estimate of drug-likeness (QED) is 0.605.